The summed E-state index contributed by atoms with van der Waals surface area (Å²) in [4.78, 5) is 13.9. The van der Waals surface area contributed by atoms with Crippen molar-refractivity contribution in [2.45, 2.75) is 45.1 Å². The van der Waals surface area contributed by atoms with Gasteiger partial charge in [-0.1, -0.05) is 6.07 Å². The number of nitrogen functional groups attached to an aromatic ring is 1. The van der Waals surface area contributed by atoms with Crippen molar-refractivity contribution < 1.29 is 9.53 Å². The summed E-state index contributed by atoms with van der Waals surface area (Å²) in [7, 11) is 1.88. The van der Waals surface area contributed by atoms with Gasteiger partial charge in [0.25, 0.3) is 0 Å². The zero-order valence-corrected chi connectivity index (χ0v) is 14.0. The van der Waals surface area contributed by atoms with Crippen LogP contribution >= 0.6 is 0 Å². The highest BCUT2D eigenvalue weighted by molar-refractivity contribution is 5.68. The minimum Gasteiger partial charge on any atom is -0.444 e. The van der Waals surface area contributed by atoms with Gasteiger partial charge in [-0.2, -0.15) is 0 Å². The fourth-order valence-electron chi connectivity index (χ4n) is 2.77. The second kappa shape index (κ2) is 6.46. The molecule has 122 valence electrons. The Morgan fingerprint density at radius 3 is 2.50 bits per heavy atom. The molecule has 0 aliphatic carbocycles. The van der Waals surface area contributed by atoms with Gasteiger partial charge in [-0.15, -0.1) is 0 Å². The molecule has 0 saturated carbocycles. The third kappa shape index (κ3) is 4.06. The summed E-state index contributed by atoms with van der Waals surface area (Å²) in [5, 5.41) is 3.12. The molecule has 0 bridgehead atoms. The number of carbonyl (C=O) groups excluding carboxylic acids is 1. The Bertz CT molecular complexity index is 529. The molecule has 22 heavy (non-hydrogen) atoms. The van der Waals surface area contributed by atoms with Crippen LogP contribution in [0.3, 0.4) is 0 Å². The summed E-state index contributed by atoms with van der Waals surface area (Å²) in [5.41, 5.74) is 8.49. The number of hydrogen-bond acceptors (Lipinski definition) is 4. The van der Waals surface area contributed by atoms with Crippen LogP contribution in [0.25, 0.3) is 0 Å². The lowest BCUT2D eigenvalue weighted by Gasteiger charge is -2.33. The van der Waals surface area contributed by atoms with Gasteiger partial charge in [-0.25, -0.2) is 4.79 Å². The van der Waals surface area contributed by atoms with Crippen LogP contribution in [0.2, 0.25) is 0 Å². The molecule has 1 aromatic carbocycles. The molecule has 1 fully saturated rings. The van der Waals surface area contributed by atoms with Gasteiger partial charge >= 0.3 is 6.09 Å². The first-order valence-corrected chi connectivity index (χ1v) is 7.85. The van der Waals surface area contributed by atoms with Crippen molar-refractivity contribution in [3.05, 3.63) is 23.8 Å². The van der Waals surface area contributed by atoms with Crippen molar-refractivity contribution in [2.75, 3.05) is 31.2 Å². The van der Waals surface area contributed by atoms with Crippen molar-refractivity contribution in [3.63, 3.8) is 0 Å². The van der Waals surface area contributed by atoms with Crippen molar-refractivity contribution >= 4 is 17.5 Å². The summed E-state index contributed by atoms with van der Waals surface area (Å²) in [6.07, 6.45) is 1.69. The van der Waals surface area contributed by atoms with Gasteiger partial charge in [0.1, 0.15) is 5.60 Å². The van der Waals surface area contributed by atoms with Gasteiger partial charge < -0.3 is 20.7 Å². The first kappa shape index (κ1) is 16.5. The van der Waals surface area contributed by atoms with Crippen LogP contribution in [0, 0.1) is 0 Å². The van der Waals surface area contributed by atoms with Crippen LogP contribution in [0.4, 0.5) is 16.2 Å². The maximum atomic E-state index is 12.1. The number of benzene rings is 1. The molecule has 0 spiro atoms. The maximum Gasteiger partial charge on any atom is 0.410 e. The summed E-state index contributed by atoms with van der Waals surface area (Å²) in [5.74, 6) is 0.464. The smallest absolute Gasteiger partial charge is 0.410 e. The largest absolute Gasteiger partial charge is 0.444 e. The SMILES string of the molecule is CNc1cc(C2CCN(C(=O)OC(C)(C)C)CC2)ccc1N. The number of amides is 1. The molecular formula is C17H27N3O2. The second-order valence-corrected chi connectivity index (χ2v) is 6.84. The van der Waals surface area contributed by atoms with Crippen LogP contribution in [0.5, 0.6) is 0 Å². The average Bonchev–Trinajstić information content (AvgIpc) is 2.46. The Kier molecular flexibility index (Phi) is 4.84. The van der Waals surface area contributed by atoms with Gasteiger partial charge in [-0.3, -0.25) is 0 Å². The number of nitrogens with zero attached hydrogens (tertiary/aromatic N) is 1. The van der Waals surface area contributed by atoms with Gasteiger partial charge in [-0.05, 0) is 57.2 Å². The summed E-state index contributed by atoms with van der Waals surface area (Å²) < 4.78 is 5.43. The zero-order chi connectivity index (χ0) is 16.3. The number of ether oxygens (including phenoxy) is 1. The minimum absolute atomic E-state index is 0.209. The van der Waals surface area contributed by atoms with E-state index in [9.17, 15) is 4.79 Å². The molecule has 1 aromatic rings. The molecule has 1 aliphatic rings. The van der Waals surface area contributed by atoms with E-state index in [-0.39, 0.29) is 6.09 Å². The summed E-state index contributed by atoms with van der Waals surface area (Å²) >= 11 is 0. The Balaban J connectivity index is 1.96. The molecule has 0 atom stereocenters. The van der Waals surface area contributed by atoms with Crippen molar-refractivity contribution in [3.8, 4) is 0 Å². The van der Waals surface area contributed by atoms with Crippen LogP contribution in [-0.2, 0) is 4.74 Å². The van der Waals surface area contributed by atoms with Gasteiger partial charge in [0.05, 0.1) is 11.4 Å². The first-order valence-electron chi connectivity index (χ1n) is 7.85. The lowest BCUT2D eigenvalue weighted by atomic mass is 9.89. The number of rotatable bonds is 2. The normalized spacial score (nSPS) is 16.5. The van der Waals surface area contributed by atoms with Crippen LogP contribution in [0.15, 0.2) is 18.2 Å². The number of nitrogens with two attached hydrogens (primary N) is 1. The van der Waals surface area contributed by atoms with Crippen LogP contribution in [-0.4, -0.2) is 36.7 Å². The lowest BCUT2D eigenvalue weighted by Crippen LogP contribution is -2.41. The van der Waals surface area contributed by atoms with E-state index in [0.29, 0.717) is 5.92 Å². The standard InChI is InChI=1S/C17H27N3O2/c1-17(2,3)22-16(21)20-9-7-12(8-10-20)13-5-6-14(18)15(11-13)19-4/h5-6,11-12,19H,7-10,18H2,1-4H3. The monoisotopic (exact) mass is 305 g/mol. The third-order valence-corrected chi connectivity index (χ3v) is 3.96. The van der Waals surface area contributed by atoms with Crippen LogP contribution in [0.1, 0.15) is 45.1 Å². The number of likely N-dealkylation sites (tertiary alicyclic amines) is 1. The van der Waals surface area contributed by atoms with Crippen LogP contribution < -0.4 is 11.1 Å². The predicted molar refractivity (Wildman–Crippen MR) is 90.2 cm³/mol. The molecule has 2 rings (SSSR count). The Morgan fingerprint density at radius 1 is 1.32 bits per heavy atom. The van der Waals surface area contributed by atoms with Crippen molar-refractivity contribution in [2.24, 2.45) is 0 Å². The molecular weight excluding hydrogens is 278 g/mol. The fourth-order valence-corrected chi connectivity index (χ4v) is 2.77. The third-order valence-electron chi connectivity index (χ3n) is 3.96. The first-order chi connectivity index (χ1) is 10.3. The Labute approximate surface area is 132 Å². The number of carbonyl (C=O) groups is 1. The maximum absolute atomic E-state index is 12.1. The highest BCUT2D eigenvalue weighted by Gasteiger charge is 2.27. The van der Waals surface area contributed by atoms with Crippen molar-refractivity contribution in [1.82, 2.24) is 4.90 Å². The van der Waals surface area contributed by atoms with E-state index in [4.69, 9.17) is 10.5 Å². The fraction of sp³-hybridized carbons (Fsp3) is 0.588. The van der Waals surface area contributed by atoms with Gasteiger partial charge in [0.15, 0.2) is 0 Å². The summed E-state index contributed by atoms with van der Waals surface area (Å²) in [6.45, 7) is 7.15. The molecule has 0 radical (unpaired) electrons. The molecule has 5 nitrogen and oxygen atoms in total. The minimum atomic E-state index is -0.438. The van der Waals surface area contributed by atoms with E-state index < -0.39 is 5.60 Å². The molecule has 1 heterocycles. The highest BCUT2D eigenvalue weighted by Crippen LogP contribution is 2.32. The number of piperidine rings is 1. The molecule has 0 unspecified atom stereocenters. The van der Waals surface area contributed by atoms with E-state index in [0.717, 1.165) is 37.3 Å². The van der Waals surface area contributed by atoms with E-state index >= 15 is 0 Å². The Morgan fingerprint density at radius 2 is 1.95 bits per heavy atom. The number of nitrogens with one attached hydrogen (secondary N) is 1. The van der Waals surface area contributed by atoms with Gasteiger partial charge in [0, 0.05) is 20.1 Å². The highest BCUT2D eigenvalue weighted by atomic mass is 16.6. The predicted octanol–water partition coefficient (Wildman–Crippen LogP) is 3.43. The number of hydrogen-bond donors (Lipinski definition) is 2. The van der Waals surface area contributed by atoms with E-state index in [1.807, 2.05) is 33.9 Å². The molecule has 0 aromatic heterocycles. The molecule has 1 aliphatic heterocycles. The van der Waals surface area contributed by atoms with E-state index in [2.05, 4.69) is 17.4 Å². The molecule has 1 amide bonds. The average molecular weight is 305 g/mol. The Hall–Kier alpha value is -1.91. The van der Waals surface area contributed by atoms with Gasteiger partial charge in [0.2, 0.25) is 0 Å². The van der Waals surface area contributed by atoms with Crippen molar-refractivity contribution in [1.29, 1.82) is 0 Å². The summed E-state index contributed by atoms with van der Waals surface area (Å²) in [6, 6.07) is 6.15. The van der Waals surface area contributed by atoms with E-state index in [1.165, 1.54) is 5.56 Å². The quantitative estimate of drug-likeness (QED) is 0.822. The molecule has 5 heteroatoms. The van der Waals surface area contributed by atoms with E-state index in [1.54, 1.807) is 4.90 Å². The zero-order valence-electron chi connectivity index (χ0n) is 14.0. The lowest BCUT2D eigenvalue weighted by molar-refractivity contribution is 0.0205. The molecule has 3 N–H and O–H groups in total. The molecule has 1 saturated heterocycles. The topological polar surface area (TPSA) is 67.6 Å². The second-order valence-electron chi connectivity index (χ2n) is 6.84. The number of anilines is 2.